The molecule has 6 heteroatoms. The van der Waals surface area contributed by atoms with Crippen LogP contribution in [0.4, 0.5) is 4.79 Å². The lowest BCUT2D eigenvalue weighted by Crippen LogP contribution is -2.47. The third-order valence-corrected chi connectivity index (χ3v) is 4.92. The zero-order valence-corrected chi connectivity index (χ0v) is 14.0. The summed E-state index contributed by atoms with van der Waals surface area (Å²) in [5, 5.41) is 0. The molecule has 2 N–H and O–H groups in total. The number of amides is 1. The molecule has 6 nitrogen and oxygen atoms in total. The molecule has 23 heavy (non-hydrogen) atoms. The van der Waals surface area contributed by atoms with E-state index >= 15 is 0 Å². The predicted octanol–water partition coefficient (Wildman–Crippen LogP) is 1.88. The van der Waals surface area contributed by atoms with Gasteiger partial charge in [-0.05, 0) is 33.6 Å². The number of nitrogens with zero attached hydrogens (tertiary/aromatic N) is 2. The lowest BCUT2D eigenvalue weighted by molar-refractivity contribution is 0.00679. The van der Waals surface area contributed by atoms with Crippen LogP contribution >= 0.6 is 0 Å². The molecule has 0 radical (unpaired) electrons. The standard InChI is InChI=1S/C17H25N3O3/c1-16(2,3)23-15(22)19-8-5-17(6-9-19)11-20-7-4-12(21)10-13(20)14(17)18/h4,7,10,14H,5-6,8-9,11,18H2,1-3H3. The van der Waals surface area contributed by atoms with Crippen molar-refractivity contribution in [3.05, 3.63) is 34.2 Å². The summed E-state index contributed by atoms with van der Waals surface area (Å²) >= 11 is 0. The molecule has 1 unspecified atom stereocenters. The summed E-state index contributed by atoms with van der Waals surface area (Å²) in [5.74, 6) is 0. The van der Waals surface area contributed by atoms with E-state index in [-0.39, 0.29) is 23.0 Å². The normalized spacial score (nSPS) is 23.0. The second-order valence-corrected chi connectivity index (χ2v) is 7.72. The Morgan fingerprint density at radius 3 is 2.61 bits per heavy atom. The van der Waals surface area contributed by atoms with Gasteiger partial charge in [0.2, 0.25) is 0 Å². The fourth-order valence-corrected chi connectivity index (χ4v) is 3.62. The highest BCUT2D eigenvalue weighted by molar-refractivity contribution is 5.68. The molecule has 0 saturated carbocycles. The average molecular weight is 319 g/mol. The van der Waals surface area contributed by atoms with Crippen LogP contribution in [0.3, 0.4) is 0 Å². The van der Waals surface area contributed by atoms with Crippen molar-refractivity contribution in [3.8, 4) is 0 Å². The summed E-state index contributed by atoms with van der Waals surface area (Å²) < 4.78 is 7.52. The maximum absolute atomic E-state index is 12.2. The van der Waals surface area contributed by atoms with Crippen molar-refractivity contribution in [2.24, 2.45) is 11.1 Å². The van der Waals surface area contributed by atoms with E-state index in [1.807, 2.05) is 27.0 Å². The summed E-state index contributed by atoms with van der Waals surface area (Å²) in [5.41, 5.74) is 6.81. The second-order valence-electron chi connectivity index (χ2n) is 7.72. The molecule has 2 aliphatic rings. The van der Waals surface area contributed by atoms with Crippen molar-refractivity contribution in [1.29, 1.82) is 0 Å². The third kappa shape index (κ3) is 3.00. The molecule has 0 bridgehead atoms. The highest BCUT2D eigenvalue weighted by Gasteiger charge is 2.46. The van der Waals surface area contributed by atoms with E-state index in [1.165, 1.54) is 0 Å². The maximum Gasteiger partial charge on any atom is 0.410 e. The molecule has 0 aromatic carbocycles. The van der Waals surface area contributed by atoms with Gasteiger partial charge in [-0.1, -0.05) is 0 Å². The van der Waals surface area contributed by atoms with Crippen LogP contribution in [0, 0.1) is 5.41 Å². The molecule has 0 aliphatic carbocycles. The molecule has 1 spiro atoms. The van der Waals surface area contributed by atoms with Crippen molar-refractivity contribution in [2.75, 3.05) is 13.1 Å². The zero-order valence-electron chi connectivity index (χ0n) is 14.0. The number of ether oxygens (including phenoxy) is 1. The van der Waals surface area contributed by atoms with Gasteiger partial charge in [0.1, 0.15) is 5.60 Å². The molecular weight excluding hydrogens is 294 g/mol. The van der Waals surface area contributed by atoms with E-state index in [0.717, 1.165) is 25.1 Å². The van der Waals surface area contributed by atoms with Crippen molar-refractivity contribution in [3.63, 3.8) is 0 Å². The minimum absolute atomic E-state index is 0.00468. The number of hydrogen-bond acceptors (Lipinski definition) is 4. The fraction of sp³-hybridized carbons (Fsp3) is 0.647. The van der Waals surface area contributed by atoms with Crippen LogP contribution in [0.1, 0.15) is 45.3 Å². The minimum Gasteiger partial charge on any atom is -0.444 e. The van der Waals surface area contributed by atoms with Crippen LogP contribution in [0.5, 0.6) is 0 Å². The number of pyridine rings is 1. The number of fused-ring (bicyclic) bond motifs is 1. The number of hydrogen-bond donors (Lipinski definition) is 1. The van der Waals surface area contributed by atoms with Crippen molar-refractivity contribution in [2.45, 2.75) is 51.8 Å². The Morgan fingerprint density at radius 2 is 2.00 bits per heavy atom. The average Bonchev–Trinajstić information content (AvgIpc) is 2.71. The van der Waals surface area contributed by atoms with E-state index in [9.17, 15) is 9.59 Å². The van der Waals surface area contributed by atoms with Crippen molar-refractivity contribution in [1.82, 2.24) is 9.47 Å². The van der Waals surface area contributed by atoms with Gasteiger partial charge in [-0.2, -0.15) is 0 Å². The van der Waals surface area contributed by atoms with Crippen LogP contribution in [0.15, 0.2) is 23.1 Å². The van der Waals surface area contributed by atoms with Crippen molar-refractivity contribution < 1.29 is 9.53 Å². The number of nitrogens with two attached hydrogens (primary N) is 1. The summed E-state index contributed by atoms with van der Waals surface area (Å²) in [6, 6.07) is 3.06. The maximum atomic E-state index is 12.2. The van der Waals surface area contributed by atoms with Gasteiger partial charge in [-0.3, -0.25) is 4.79 Å². The largest absolute Gasteiger partial charge is 0.444 e. The van der Waals surface area contributed by atoms with E-state index in [0.29, 0.717) is 13.1 Å². The van der Waals surface area contributed by atoms with Gasteiger partial charge >= 0.3 is 6.09 Å². The molecule has 3 rings (SSSR count). The lowest BCUT2D eigenvalue weighted by Gasteiger charge is -2.41. The van der Waals surface area contributed by atoms with Gasteiger partial charge in [0.25, 0.3) is 0 Å². The Balaban J connectivity index is 1.70. The fourth-order valence-electron chi connectivity index (χ4n) is 3.62. The van der Waals surface area contributed by atoms with Crippen molar-refractivity contribution >= 4 is 6.09 Å². The first-order chi connectivity index (χ1) is 10.7. The summed E-state index contributed by atoms with van der Waals surface area (Å²) in [6.45, 7) is 7.71. The number of carbonyl (C=O) groups is 1. The molecular formula is C17H25N3O3. The van der Waals surface area contributed by atoms with Gasteiger partial charge < -0.3 is 19.9 Å². The minimum atomic E-state index is -0.480. The summed E-state index contributed by atoms with van der Waals surface area (Å²) in [4.78, 5) is 25.5. The first-order valence-corrected chi connectivity index (χ1v) is 8.14. The van der Waals surface area contributed by atoms with Gasteiger partial charge in [0.05, 0.1) is 6.04 Å². The SMILES string of the molecule is CC(C)(C)OC(=O)N1CCC2(CC1)Cn1ccc(=O)cc1C2N. The van der Waals surface area contributed by atoms with E-state index < -0.39 is 5.60 Å². The van der Waals surface area contributed by atoms with E-state index in [4.69, 9.17) is 10.5 Å². The quantitative estimate of drug-likeness (QED) is 0.792. The number of rotatable bonds is 0. The molecule has 1 atom stereocenters. The smallest absolute Gasteiger partial charge is 0.410 e. The molecule has 1 amide bonds. The van der Waals surface area contributed by atoms with E-state index in [2.05, 4.69) is 4.57 Å². The van der Waals surface area contributed by atoms with Crippen LogP contribution in [-0.2, 0) is 11.3 Å². The van der Waals surface area contributed by atoms with Crippen LogP contribution in [-0.4, -0.2) is 34.3 Å². The Morgan fingerprint density at radius 1 is 1.35 bits per heavy atom. The summed E-state index contributed by atoms with van der Waals surface area (Å²) in [7, 11) is 0. The molecule has 3 heterocycles. The highest BCUT2D eigenvalue weighted by atomic mass is 16.6. The Hall–Kier alpha value is -1.82. The van der Waals surface area contributed by atoms with Gasteiger partial charge in [-0.25, -0.2) is 4.79 Å². The highest BCUT2D eigenvalue weighted by Crippen LogP contribution is 2.47. The number of aromatic nitrogens is 1. The van der Waals surface area contributed by atoms with Crippen LogP contribution < -0.4 is 11.2 Å². The topological polar surface area (TPSA) is 77.6 Å². The first kappa shape index (κ1) is 16.1. The van der Waals surface area contributed by atoms with Crippen LogP contribution in [0.25, 0.3) is 0 Å². The van der Waals surface area contributed by atoms with Gasteiger partial charge in [0, 0.05) is 49.1 Å². The first-order valence-electron chi connectivity index (χ1n) is 8.14. The zero-order chi connectivity index (χ0) is 16.8. The monoisotopic (exact) mass is 319 g/mol. The molecule has 1 fully saturated rings. The predicted molar refractivity (Wildman–Crippen MR) is 87.1 cm³/mol. The third-order valence-electron chi connectivity index (χ3n) is 4.92. The number of likely N-dealkylation sites (tertiary alicyclic amines) is 1. The summed E-state index contributed by atoms with van der Waals surface area (Å²) in [6.07, 6.45) is 3.21. The second kappa shape index (κ2) is 5.37. The molecule has 126 valence electrons. The Bertz CT molecular complexity index is 666. The van der Waals surface area contributed by atoms with Gasteiger partial charge in [-0.15, -0.1) is 0 Å². The number of carbonyl (C=O) groups excluding carboxylic acids is 1. The molecule has 1 aromatic rings. The lowest BCUT2D eigenvalue weighted by atomic mass is 9.74. The van der Waals surface area contributed by atoms with Gasteiger partial charge in [0.15, 0.2) is 5.43 Å². The molecule has 1 aromatic heterocycles. The van der Waals surface area contributed by atoms with Crippen LogP contribution in [0.2, 0.25) is 0 Å². The molecule has 2 aliphatic heterocycles. The Kier molecular flexibility index (Phi) is 3.75. The Labute approximate surface area is 136 Å². The van der Waals surface area contributed by atoms with E-state index in [1.54, 1.807) is 17.0 Å². The number of piperidine rings is 1. The molecule has 1 saturated heterocycles.